The molecule has 1 unspecified atom stereocenters. The highest BCUT2D eigenvalue weighted by atomic mass is 79.9. The number of aliphatic hydroxyl groups is 1. The van der Waals surface area contributed by atoms with Gasteiger partial charge in [-0.25, -0.2) is 4.98 Å². The molecule has 0 bridgehead atoms. The Morgan fingerprint density at radius 1 is 1.39 bits per heavy atom. The van der Waals surface area contributed by atoms with Gasteiger partial charge in [-0.15, -0.1) is 11.8 Å². The minimum absolute atomic E-state index is 0.496. The first-order valence-electron chi connectivity index (χ1n) is 5.62. The van der Waals surface area contributed by atoms with Crippen molar-refractivity contribution in [3.05, 3.63) is 46.5 Å². The van der Waals surface area contributed by atoms with Crippen molar-refractivity contribution in [3.63, 3.8) is 0 Å². The average molecular weight is 327 g/mol. The third-order valence-electron chi connectivity index (χ3n) is 2.82. The standard InChI is InChI=1S/C13H15BrN2OS/c1-9-15-7-12(16(9)2)13(17)8-18-11-5-3-10(14)4-6-11/h3-7,13,17H,8H2,1-2H3. The van der Waals surface area contributed by atoms with Crippen LogP contribution in [0, 0.1) is 6.92 Å². The van der Waals surface area contributed by atoms with E-state index in [4.69, 9.17) is 0 Å². The number of nitrogens with zero attached hydrogens (tertiary/aromatic N) is 2. The summed E-state index contributed by atoms with van der Waals surface area (Å²) in [5.41, 5.74) is 0.858. The Kier molecular flexibility index (Phi) is 4.48. The van der Waals surface area contributed by atoms with Crippen LogP contribution in [0.25, 0.3) is 0 Å². The molecule has 1 aromatic carbocycles. The van der Waals surface area contributed by atoms with Crippen LogP contribution in [-0.4, -0.2) is 20.4 Å². The van der Waals surface area contributed by atoms with Crippen molar-refractivity contribution in [1.82, 2.24) is 9.55 Å². The van der Waals surface area contributed by atoms with E-state index in [1.54, 1.807) is 18.0 Å². The molecular weight excluding hydrogens is 312 g/mol. The summed E-state index contributed by atoms with van der Waals surface area (Å²) in [6, 6.07) is 8.08. The molecule has 0 radical (unpaired) electrons. The first-order chi connectivity index (χ1) is 8.58. The van der Waals surface area contributed by atoms with Gasteiger partial charge >= 0.3 is 0 Å². The van der Waals surface area contributed by atoms with Gasteiger partial charge in [-0.2, -0.15) is 0 Å². The van der Waals surface area contributed by atoms with Gasteiger partial charge in [0, 0.05) is 22.2 Å². The van der Waals surface area contributed by atoms with Gasteiger partial charge in [0.2, 0.25) is 0 Å². The van der Waals surface area contributed by atoms with Gasteiger partial charge in [0.25, 0.3) is 0 Å². The SMILES string of the molecule is Cc1ncc(C(O)CSc2ccc(Br)cc2)n1C. The number of aromatic nitrogens is 2. The lowest BCUT2D eigenvalue weighted by Gasteiger charge is -2.11. The maximum Gasteiger partial charge on any atom is 0.105 e. The van der Waals surface area contributed by atoms with Crippen LogP contribution in [0.3, 0.4) is 0 Å². The van der Waals surface area contributed by atoms with Gasteiger partial charge in [-0.3, -0.25) is 0 Å². The lowest BCUT2D eigenvalue weighted by Crippen LogP contribution is -2.07. The van der Waals surface area contributed by atoms with Gasteiger partial charge < -0.3 is 9.67 Å². The lowest BCUT2D eigenvalue weighted by molar-refractivity contribution is 0.195. The normalized spacial score (nSPS) is 12.7. The highest BCUT2D eigenvalue weighted by Crippen LogP contribution is 2.25. The van der Waals surface area contributed by atoms with Crippen LogP contribution in [0.4, 0.5) is 0 Å². The highest BCUT2D eigenvalue weighted by Gasteiger charge is 2.13. The Bertz CT molecular complexity index is 524. The van der Waals surface area contributed by atoms with Gasteiger partial charge in [0.05, 0.1) is 11.9 Å². The maximum atomic E-state index is 10.1. The fraction of sp³-hybridized carbons (Fsp3) is 0.308. The number of hydrogen-bond acceptors (Lipinski definition) is 3. The van der Waals surface area contributed by atoms with E-state index in [2.05, 4.69) is 20.9 Å². The number of thioether (sulfide) groups is 1. The maximum absolute atomic E-state index is 10.1. The van der Waals surface area contributed by atoms with Crippen LogP contribution >= 0.6 is 27.7 Å². The number of imidazole rings is 1. The minimum atomic E-state index is -0.496. The molecule has 1 aromatic heterocycles. The van der Waals surface area contributed by atoms with Crippen molar-refractivity contribution < 1.29 is 5.11 Å². The topological polar surface area (TPSA) is 38.1 Å². The molecule has 5 heteroatoms. The third kappa shape index (κ3) is 3.16. The van der Waals surface area contributed by atoms with E-state index in [0.717, 1.165) is 20.9 Å². The Hall–Kier alpha value is -0.780. The molecule has 1 N–H and O–H groups in total. The molecule has 0 amide bonds. The van der Waals surface area contributed by atoms with Crippen molar-refractivity contribution in [1.29, 1.82) is 0 Å². The predicted octanol–water partition coefficient (Wildman–Crippen LogP) is 3.32. The molecule has 0 fully saturated rings. The summed E-state index contributed by atoms with van der Waals surface area (Å²) in [7, 11) is 1.92. The fourth-order valence-corrected chi connectivity index (χ4v) is 2.73. The van der Waals surface area contributed by atoms with Crippen molar-refractivity contribution in [2.75, 3.05) is 5.75 Å². The number of benzene rings is 1. The summed E-state index contributed by atoms with van der Waals surface area (Å²) < 4.78 is 2.99. The molecule has 0 aliphatic heterocycles. The van der Waals surface area contributed by atoms with E-state index < -0.39 is 6.10 Å². The van der Waals surface area contributed by atoms with E-state index >= 15 is 0 Å². The first kappa shape index (κ1) is 13.6. The largest absolute Gasteiger partial charge is 0.386 e. The smallest absolute Gasteiger partial charge is 0.105 e. The van der Waals surface area contributed by atoms with Crippen LogP contribution in [0.2, 0.25) is 0 Å². The van der Waals surface area contributed by atoms with E-state index in [0.29, 0.717) is 5.75 Å². The van der Waals surface area contributed by atoms with Gasteiger partial charge in [-0.1, -0.05) is 15.9 Å². The van der Waals surface area contributed by atoms with Gasteiger partial charge in [-0.05, 0) is 31.2 Å². The van der Waals surface area contributed by atoms with Crippen molar-refractivity contribution in [2.24, 2.45) is 7.05 Å². The molecule has 2 aromatic rings. The summed E-state index contributed by atoms with van der Waals surface area (Å²) in [6.45, 7) is 1.93. The van der Waals surface area contributed by atoms with E-state index in [1.165, 1.54) is 0 Å². The minimum Gasteiger partial charge on any atom is -0.386 e. The monoisotopic (exact) mass is 326 g/mol. The Morgan fingerprint density at radius 3 is 2.61 bits per heavy atom. The lowest BCUT2D eigenvalue weighted by atomic mass is 10.3. The quantitative estimate of drug-likeness (QED) is 0.876. The molecule has 18 heavy (non-hydrogen) atoms. The molecule has 2 rings (SSSR count). The fourth-order valence-electron chi connectivity index (χ4n) is 1.62. The van der Waals surface area contributed by atoms with Crippen LogP contribution < -0.4 is 0 Å². The first-order valence-corrected chi connectivity index (χ1v) is 7.40. The number of halogens is 1. The Morgan fingerprint density at radius 2 is 2.06 bits per heavy atom. The zero-order chi connectivity index (χ0) is 13.1. The number of aliphatic hydroxyl groups excluding tert-OH is 1. The number of rotatable bonds is 4. The zero-order valence-corrected chi connectivity index (χ0v) is 12.7. The second-order valence-electron chi connectivity index (χ2n) is 4.07. The summed E-state index contributed by atoms with van der Waals surface area (Å²) in [6.07, 6.45) is 1.24. The Balaban J connectivity index is 1.98. The molecule has 0 saturated heterocycles. The molecule has 3 nitrogen and oxygen atoms in total. The molecule has 0 saturated carbocycles. The second-order valence-corrected chi connectivity index (χ2v) is 6.08. The Labute approximate surface area is 119 Å². The van der Waals surface area contributed by atoms with Crippen LogP contribution in [-0.2, 0) is 7.05 Å². The molecule has 1 heterocycles. The van der Waals surface area contributed by atoms with E-state index in [1.807, 2.05) is 42.8 Å². The highest BCUT2D eigenvalue weighted by molar-refractivity contribution is 9.10. The van der Waals surface area contributed by atoms with Crippen LogP contribution in [0.1, 0.15) is 17.6 Å². The van der Waals surface area contributed by atoms with E-state index in [9.17, 15) is 5.11 Å². The van der Waals surface area contributed by atoms with Crippen molar-refractivity contribution in [3.8, 4) is 0 Å². The molecular formula is C13H15BrN2OS. The number of hydrogen-bond donors (Lipinski definition) is 1. The van der Waals surface area contributed by atoms with Crippen molar-refractivity contribution >= 4 is 27.7 Å². The number of aryl methyl sites for hydroxylation is 1. The second kappa shape index (κ2) is 5.91. The van der Waals surface area contributed by atoms with Gasteiger partial charge in [0.15, 0.2) is 0 Å². The van der Waals surface area contributed by atoms with E-state index in [-0.39, 0.29) is 0 Å². The summed E-state index contributed by atoms with van der Waals surface area (Å²) in [4.78, 5) is 5.34. The molecule has 96 valence electrons. The summed E-state index contributed by atoms with van der Waals surface area (Å²) >= 11 is 5.04. The molecule has 1 atom stereocenters. The molecule has 0 spiro atoms. The van der Waals surface area contributed by atoms with Gasteiger partial charge in [0.1, 0.15) is 11.9 Å². The van der Waals surface area contributed by atoms with Crippen LogP contribution in [0.15, 0.2) is 39.8 Å². The predicted molar refractivity (Wildman–Crippen MR) is 77.8 cm³/mol. The van der Waals surface area contributed by atoms with Crippen molar-refractivity contribution in [2.45, 2.75) is 17.9 Å². The summed E-state index contributed by atoms with van der Waals surface area (Å²) in [5.74, 6) is 1.54. The molecule has 0 aliphatic carbocycles. The average Bonchev–Trinajstić information content (AvgIpc) is 2.69. The zero-order valence-electron chi connectivity index (χ0n) is 10.3. The molecule has 0 aliphatic rings. The summed E-state index contributed by atoms with van der Waals surface area (Å²) in [5, 5.41) is 10.1. The van der Waals surface area contributed by atoms with Crippen LogP contribution in [0.5, 0.6) is 0 Å². The third-order valence-corrected chi connectivity index (χ3v) is 4.44.